The van der Waals surface area contributed by atoms with E-state index in [1.165, 1.54) is 11.3 Å². The molecule has 1 aliphatic heterocycles. The Labute approximate surface area is 274 Å². The maximum absolute atomic E-state index is 14.2. The summed E-state index contributed by atoms with van der Waals surface area (Å²) >= 11 is 2.89. The number of benzene rings is 4. The lowest BCUT2D eigenvalue weighted by atomic mass is 9.93. The van der Waals surface area contributed by atoms with Gasteiger partial charge in [0, 0.05) is 16.0 Å². The van der Waals surface area contributed by atoms with Crippen molar-refractivity contribution in [2.75, 3.05) is 12.9 Å². The Morgan fingerprint density at radius 2 is 1.78 bits per heavy atom. The highest BCUT2D eigenvalue weighted by atomic mass is 32.2. The molecule has 0 radical (unpaired) electrons. The van der Waals surface area contributed by atoms with Crippen LogP contribution >= 0.6 is 23.1 Å². The van der Waals surface area contributed by atoms with Crippen molar-refractivity contribution in [1.82, 2.24) is 4.57 Å². The van der Waals surface area contributed by atoms with Gasteiger partial charge in [-0.05, 0) is 60.7 Å². The van der Waals surface area contributed by atoms with Gasteiger partial charge < -0.3 is 9.47 Å². The summed E-state index contributed by atoms with van der Waals surface area (Å²) in [6.07, 6.45) is 3.81. The molecule has 4 aromatic carbocycles. The molecule has 1 aliphatic rings. The summed E-state index contributed by atoms with van der Waals surface area (Å²) in [5.74, 6) is 0.0955. The second-order valence-corrected chi connectivity index (χ2v) is 12.2. The lowest BCUT2D eigenvalue weighted by Gasteiger charge is -2.26. The van der Waals surface area contributed by atoms with Crippen LogP contribution in [0.5, 0.6) is 5.75 Å². The van der Waals surface area contributed by atoms with E-state index in [0.29, 0.717) is 31.9 Å². The predicted octanol–water partition coefficient (Wildman–Crippen LogP) is 6.11. The molecule has 0 saturated carbocycles. The molecule has 2 heterocycles. The zero-order valence-corrected chi connectivity index (χ0v) is 26.8. The number of nitriles is 1. The Morgan fingerprint density at radius 3 is 2.52 bits per heavy atom. The molecule has 0 unspecified atom stereocenters. The molecule has 5 aromatic rings. The van der Waals surface area contributed by atoms with Crippen molar-refractivity contribution in [3.05, 3.63) is 156 Å². The molecule has 0 amide bonds. The van der Waals surface area contributed by atoms with Crippen LogP contribution in [0.3, 0.4) is 0 Å². The Balaban J connectivity index is 1.47. The van der Waals surface area contributed by atoms with Gasteiger partial charge in [-0.15, -0.1) is 11.8 Å². The maximum atomic E-state index is 14.2. The molecule has 1 atom stereocenters. The van der Waals surface area contributed by atoms with Crippen LogP contribution in [0.4, 0.5) is 0 Å². The monoisotopic (exact) mass is 643 g/mol. The van der Waals surface area contributed by atoms with Crippen molar-refractivity contribution in [2.45, 2.75) is 24.5 Å². The van der Waals surface area contributed by atoms with Gasteiger partial charge in [-0.25, -0.2) is 9.79 Å². The number of fused-ring (bicyclic) bond motifs is 1. The molecule has 0 saturated heterocycles. The number of nitrogens with zero attached hydrogens (tertiary/aromatic N) is 3. The summed E-state index contributed by atoms with van der Waals surface area (Å²) in [6.45, 7) is 2.19. The number of rotatable bonds is 9. The van der Waals surface area contributed by atoms with Crippen LogP contribution in [-0.4, -0.2) is 23.4 Å². The number of hydrogen-bond acceptors (Lipinski definition) is 8. The average Bonchev–Trinajstić information content (AvgIpc) is 3.41. The van der Waals surface area contributed by atoms with Gasteiger partial charge in [0.15, 0.2) is 4.80 Å². The molecule has 7 nitrogen and oxygen atoms in total. The van der Waals surface area contributed by atoms with E-state index >= 15 is 0 Å². The quantitative estimate of drug-likeness (QED) is 0.142. The summed E-state index contributed by atoms with van der Waals surface area (Å²) < 4.78 is 13.6. The topological polar surface area (TPSA) is 93.7 Å². The Morgan fingerprint density at radius 1 is 1.02 bits per heavy atom. The molecule has 1 aromatic heterocycles. The van der Waals surface area contributed by atoms with Crippen molar-refractivity contribution in [2.24, 2.45) is 4.99 Å². The minimum Gasteiger partial charge on any atom is -0.489 e. The molecular formula is C37H29N3O4S2. The highest BCUT2D eigenvalue weighted by Gasteiger charge is 2.35. The molecule has 0 aliphatic carbocycles. The first-order chi connectivity index (χ1) is 22.5. The van der Waals surface area contributed by atoms with E-state index in [2.05, 4.69) is 6.07 Å². The van der Waals surface area contributed by atoms with E-state index in [4.69, 9.17) is 14.5 Å². The number of carbonyl (C=O) groups excluding carboxylic acids is 1. The Kier molecular flexibility index (Phi) is 9.29. The number of hydrogen-bond donors (Lipinski definition) is 0. The van der Waals surface area contributed by atoms with Crippen molar-refractivity contribution >= 4 is 40.8 Å². The average molecular weight is 644 g/mol. The summed E-state index contributed by atoms with van der Waals surface area (Å²) in [5.41, 5.74) is 4.21. The first-order valence-corrected chi connectivity index (χ1v) is 16.7. The molecule has 0 N–H and O–H groups in total. The second kappa shape index (κ2) is 13.9. The third kappa shape index (κ3) is 6.31. The smallest absolute Gasteiger partial charge is 0.338 e. The van der Waals surface area contributed by atoms with Gasteiger partial charge in [-0.2, -0.15) is 5.26 Å². The maximum Gasteiger partial charge on any atom is 0.338 e. The van der Waals surface area contributed by atoms with E-state index in [-0.39, 0.29) is 18.8 Å². The van der Waals surface area contributed by atoms with E-state index < -0.39 is 12.0 Å². The minimum atomic E-state index is -0.738. The fourth-order valence-corrected chi connectivity index (χ4v) is 6.71. The molecule has 9 heteroatoms. The van der Waals surface area contributed by atoms with Crippen LogP contribution in [0, 0.1) is 11.3 Å². The van der Waals surface area contributed by atoms with Crippen molar-refractivity contribution in [1.29, 1.82) is 5.26 Å². The third-order valence-electron chi connectivity index (χ3n) is 7.49. The van der Waals surface area contributed by atoms with Crippen LogP contribution in [-0.2, 0) is 16.1 Å². The molecule has 0 fully saturated rings. The summed E-state index contributed by atoms with van der Waals surface area (Å²) in [4.78, 5) is 34.3. The number of thiazole rings is 1. The van der Waals surface area contributed by atoms with Crippen LogP contribution in [0.15, 0.2) is 123 Å². The number of aromatic nitrogens is 1. The Hall–Kier alpha value is -5.17. The normalized spacial score (nSPS) is 14.3. The highest BCUT2D eigenvalue weighted by molar-refractivity contribution is 7.98. The number of thioether (sulfide) groups is 1. The molecule has 0 spiro atoms. The van der Waals surface area contributed by atoms with Crippen molar-refractivity contribution in [3.63, 3.8) is 0 Å². The molecule has 46 heavy (non-hydrogen) atoms. The first kappa shape index (κ1) is 30.8. The van der Waals surface area contributed by atoms with Crippen LogP contribution in [0.2, 0.25) is 0 Å². The van der Waals surface area contributed by atoms with Gasteiger partial charge in [-0.3, -0.25) is 9.36 Å². The zero-order valence-electron chi connectivity index (χ0n) is 25.2. The van der Waals surface area contributed by atoms with Crippen LogP contribution in [0.25, 0.3) is 11.8 Å². The van der Waals surface area contributed by atoms with Gasteiger partial charge in [0.2, 0.25) is 0 Å². The van der Waals surface area contributed by atoms with Gasteiger partial charge in [-0.1, -0.05) is 84.1 Å². The highest BCUT2D eigenvalue weighted by Crippen LogP contribution is 2.35. The Bertz CT molecular complexity index is 2160. The van der Waals surface area contributed by atoms with E-state index in [1.807, 2.05) is 109 Å². The first-order valence-electron chi connectivity index (χ1n) is 14.6. The fraction of sp³-hybridized carbons (Fsp3) is 0.135. The number of ether oxygens (including phenoxy) is 2. The predicted molar refractivity (Wildman–Crippen MR) is 181 cm³/mol. The van der Waals surface area contributed by atoms with Crippen LogP contribution in [0.1, 0.15) is 40.8 Å². The largest absolute Gasteiger partial charge is 0.489 e. The lowest BCUT2D eigenvalue weighted by molar-refractivity contribution is -0.138. The second-order valence-electron chi connectivity index (χ2n) is 10.3. The zero-order chi connectivity index (χ0) is 32.0. The summed E-state index contributed by atoms with van der Waals surface area (Å²) in [7, 11) is 0. The number of carbonyl (C=O) groups is 1. The lowest BCUT2D eigenvalue weighted by Crippen LogP contribution is -2.40. The van der Waals surface area contributed by atoms with Crippen molar-refractivity contribution < 1.29 is 14.3 Å². The fourth-order valence-electron chi connectivity index (χ4n) is 5.30. The molecule has 0 bridgehead atoms. The van der Waals surface area contributed by atoms with Gasteiger partial charge in [0.1, 0.15) is 12.4 Å². The molecule has 228 valence electrons. The van der Waals surface area contributed by atoms with E-state index in [9.17, 15) is 14.9 Å². The van der Waals surface area contributed by atoms with E-state index in [0.717, 1.165) is 27.1 Å². The van der Waals surface area contributed by atoms with Crippen LogP contribution < -0.4 is 19.6 Å². The summed E-state index contributed by atoms with van der Waals surface area (Å²) in [5, 5.41) is 9.41. The van der Waals surface area contributed by atoms with Gasteiger partial charge in [0.05, 0.1) is 40.1 Å². The number of esters is 1. The van der Waals surface area contributed by atoms with Gasteiger partial charge >= 0.3 is 5.97 Å². The van der Waals surface area contributed by atoms with E-state index in [1.54, 1.807) is 29.3 Å². The van der Waals surface area contributed by atoms with Gasteiger partial charge in [0.25, 0.3) is 5.56 Å². The van der Waals surface area contributed by atoms with Crippen molar-refractivity contribution in [3.8, 4) is 11.8 Å². The minimum absolute atomic E-state index is 0.188. The molecule has 6 rings (SSSR count). The molecular weight excluding hydrogens is 615 g/mol. The summed E-state index contributed by atoms with van der Waals surface area (Å²) in [6, 6.07) is 33.6. The third-order valence-corrected chi connectivity index (χ3v) is 9.22. The standard InChI is InChI=1S/C37H29N3O4S2/c1-3-43-36(42)32-33(25-11-5-4-6-12-25)39-37-40(34(32)26-16-18-30(45-2)19-17-26)35(41)31(46-37)21-24-10-9-15-29(20-24)44-23-28-14-8-7-13-27(28)22-38/h4-21,34H,3,23H2,1-2H3/b31-21-/t34-/m1/s1. The SMILES string of the molecule is CCOC(=O)C1=C(c2ccccc2)N=c2s/c(=C\c3cccc(OCc4ccccc4C#N)c3)c(=O)n2[C@@H]1c1ccc(SC)cc1.